The van der Waals surface area contributed by atoms with Crippen LogP contribution in [0.1, 0.15) is 30.6 Å². The number of carbonyl (C=O) groups is 1. The van der Waals surface area contributed by atoms with Crippen molar-refractivity contribution >= 4 is 5.91 Å². The van der Waals surface area contributed by atoms with Crippen molar-refractivity contribution in [2.75, 3.05) is 6.54 Å². The summed E-state index contributed by atoms with van der Waals surface area (Å²) >= 11 is 0. The molecule has 2 heterocycles. The highest BCUT2D eigenvalue weighted by Crippen LogP contribution is 2.29. The van der Waals surface area contributed by atoms with Crippen molar-refractivity contribution in [3.05, 3.63) is 24.4 Å². The Labute approximate surface area is 87.8 Å². The molecule has 0 aromatic carbocycles. The van der Waals surface area contributed by atoms with Gasteiger partial charge in [0.15, 0.2) is 5.82 Å². The molecule has 1 amide bonds. The summed E-state index contributed by atoms with van der Waals surface area (Å²) in [6.07, 6.45) is 3.18. The number of hydrogen-bond acceptors (Lipinski definition) is 4. The number of carbonyl (C=O) groups excluding carboxylic acids is 1. The summed E-state index contributed by atoms with van der Waals surface area (Å²) in [5, 5.41) is 3.85. The molecule has 1 aliphatic rings. The highest BCUT2D eigenvalue weighted by molar-refractivity contribution is 5.87. The predicted molar refractivity (Wildman–Crippen MR) is 52.9 cm³/mol. The number of hydrogen-bond donors (Lipinski definition) is 0. The molecule has 0 bridgehead atoms. The first kappa shape index (κ1) is 9.89. The highest BCUT2D eigenvalue weighted by atomic mass is 16.5. The Morgan fingerprint density at radius 2 is 2.53 bits per heavy atom. The molecule has 1 saturated heterocycles. The number of nitrogens with zero attached hydrogens (tertiary/aromatic N) is 3. The van der Waals surface area contributed by atoms with E-state index in [4.69, 9.17) is 4.52 Å². The van der Waals surface area contributed by atoms with E-state index in [1.54, 1.807) is 11.8 Å². The molecule has 0 spiro atoms. The van der Waals surface area contributed by atoms with Crippen LogP contribution in [0.4, 0.5) is 0 Å². The van der Waals surface area contributed by atoms with E-state index in [-0.39, 0.29) is 11.9 Å². The van der Waals surface area contributed by atoms with Crippen LogP contribution in [0.5, 0.6) is 0 Å². The van der Waals surface area contributed by atoms with Crippen LogP contribution < -0.4 is 0 Å². The van der Waals surface area contributed by atoms with Gasteiger partial charge in [-0.2, -0.15) is 4.98 Å². The first-order valence-electron chi connectivity index (χ1n) is 4.95. The zero-order valence-electron chi connectivity index (χ0n) is 8.64. The highest BCUT2D eigenvalue weighted by Gasteiger charge is 2.31. The third-order valence-electron chi connectivity index (χ3n) is 2.55. The van der Waals surface area contributed by atoms with Gasteiger partial charge >= 0.3 is 0 Å². The van der Waals surface area contributed by atoms with E-state index in [2.05, 4.69) is 16.7 Å². The Kier molecular flexibility index (Phi) is 2.53. The summed E-state index contributed by atoms with van der Waals surface area (Å²) in [6, 6.07) is -0.0482. The van der Waals surface area contributed by atoms with Crippen molar-refractivity contribution in [3.8, 4) is 0 Å². The molecular weight excluding hydrogens is 194 g/mol. The Morgan fingerprint density at radius 3 is 3.13 bits per heavy atom. The van der Waals surface area contributed by atoms with E-state index in [0.717, 1.165) is 19.4 Å². The molecule has 1 fully saturated rings. The average molecular weight is 207 g/mol. The zero-order chi connectivity index (χ0) is 10.8. The molecule has 0 aliphatic carbocycles. The Hall–Kier alpha value is -1.65. The quantitative estimate of drug-likeness (QED) is 0.684. The lowest BCUT2D eigenvalue weighted by atomic mass is 10.2. The van der Waals surface area contributed by atoms with Gasteiger partial charge in [0.1, 0.15) is 0 Å². The fourth-order valence-corrected chi connectivity index (χ4v) is 1.87. The van der Waals surface area contributed by atoms with Crippen LogP contribution in [0.2, 0.25) is 0 Å². The number of likely N-dealkylation sites (tertiary alicyclic amines) is 1. The number of aromatic nitrogens is 2. The van der Waals surface area contributed by atoms with Gasteiger partial charge in [0.2, 0.25) is 11.8 Å². The minimum atomic E-state index is -0.0695. The zero-order valence-corrected chi connectivity index (χ0v) is 8.64. The molecule has 1 aromatic heterocycles. The van der Waals surface area contributed by atoms with Gasteiger partial charge in [0, 0.05) is 13.5 Å². The Bertz CT molecular complexity index is 386. The molecule has 5 heteroatoms. The van der Waals surface area contributed by atoms with Gasteiger partial charge in [-0.05, 0) is 18.9 Å². The maximum Gasteiger partial charge on any atom is 0.246 e. The molecule has 2 rings (SSSR count). The topological polar surface area (TPSA) is 59.2 Å². The van der Waals surface area contributed by atoms with Gasteiger partial charge < -0.3 is 9.42 Å². The molecule has 0 radical (unpaired) electrons. The van der Waals surface area contributed by atoms with Crippen molar-refractivity contribution in [1.29, 1.82) is 0 Å². The molecule has 1 aliphatic heterocycles. The fourth-order valence-electron chi connectivity index (χ4n) is 1.87. The second-order valence-corrected chi connectivity index (χ2v) is 3.57. The van der Waals surface area contributed by atoms with Gasteiger partial charge in [-0.1, -0.05) is 11.7 Å². The monoisotopic (exact) mass is 207 g/mol. The summed E-state index contributed by atoms with van der Waals surface area (Å²) < 4.78 is 4.91. The van der Waals surface area contributed by atoms with Gasteiger partial charge in [0.25, 0.3) is 0 Å². The smallest absolute Gasteiger partial charge is 0.246 e. The third-order valence-corrected chi connectivity index (χ3v) is 2.55. The Morgan fingerprint density at radius 1 is 1.73 bits per heavy atom. The van der Waals surface area contributed by atoms with Crippen LogP contribution in [0.25, 0.3) is 0 Å². The van der Waals surface area contributed by atoms with E-state index in [1.807, 2.05) is 0 Å². The number of aryl methyl sites for hydroxylation is 1. The van der Waals surface area contributed by atoms with Crippen molar-refractivity contribution in [2.45, 2.75) is 25.8 Å². The maximum absolute atomic E-state index is 11.5. The summed E-state index contributed by atoms with van der Waals surface area (Å²) in [4.78, 5) is 17.4. The van der Waals surface area contributed by atoms with Crippen molar-refractivity contribution < 1.29 is 9.32 Å². The third kappa shape index (κ3) is 1.77. The minimum absolute atomic E-state index is 0.0482. The van der Waals surface area contributed by atoms with E-state index in [9.17, 15) is 4.79 Å². The first-order chi connectivity index (χ1) is 7.22. The lowest BCUT2D eigenvalue weighted by Gasteiger charge is -2.20. The number of rotatable bonds is 2. The average Bonchev–Trinajstić information content (AvgIpc) is 2.84. The number of amides is 1. The van der Waals surface area contributed by atoms with Crippen LogP contribution in [-0.2, 0) is 4.79 Å². The van der Waals surface area contributed by atoms with Crippen molar-refractivity contribution in [2.24, 2.45) is 0 Å². The van der Waals surface area contributed by atoms with Gasteiger partial charge in [-0.25, -0.2) is 0 Å². The minimum Gasteiger partial charge on any atom is -0.340 e. The van der Waals surface area contributed by atoms with Gasteiger partial charge in [-0.15, -0.1) is 0 Å². The van der Waals surface area contributed by atoms with E-state index in [1.165, 1.54) is 6.08 Å². The summed E-state index contributed by atoms with van der Waals surface area (Å²) in [6.45, 7) is 5.96. The molecular formula is C10H13N3O2. The summed E-state index contributed by atoms with van der Waals surface area (Å²) in [5.41, 5.74) is 0. The molecule has 80 valence electrons. The molecule has 0 saturated carbocycles. The molecule has 1 atom stereocenters. The van der Waals surface area contributed by atoms with Crippen LogP contribution in [0, 0.1) is 6.92 Å². The van der Waals surface area contributed by atoms with Crippen LogP contribution in [-0.4, -0.2) is 27.5 Å². The SMILES string of the molecule is C=CC(=O)N1CCCC1c1noc(C)n1. The fraction of sp³-hybridized carbons (Fsp3) is 0.500. The van der Waals surface area contributed by atoms with Crippen molar-refractivity contribution in [1.82, 2.24) is 15.0 Å². The van der Waals surface area contributed by atoms with Crippen LogP contribution >= 0.6 is 0 Å². The molecule has 5 nitrogen and oxygen atoms in total. The van der Waals surface area contributed by atoms with Gasteiger partial charge in [-0.3, -0.25) is 4.79 Å². The van der Waals surface area contributed by atoms with Crippen molar-refractivity contribution in [3.63, 3.8) is 0 Å². The predicted octanol–water partition coefficient (Wildman–Crippen LogP) is 1.23. The normalized spacial score (nSPS) is 20.6. The standard InChI is InChI=1S/C10H13N3O2/c1-3-9(14)13-6-4-5-8(13)10-11-7(2)15-12-10/h3,8H,1,4-6H2,2H3. The second kappa shape index (κ2) is 3.84. The van der Waals surface area contributed by atoms with E-state index in [0.29, 0.717) is 11.7 Å². The summed E-state index contributed by atoms with van der Waals surface area (Å²) in [5.74, 6) is 1.06. The summed E-state index contributed by atoms with van der Waals surface area (Å²) in [7, 11) is 0. The second-order valence-electron chi connectivity index (χ2n) is 3.57. The first-order valence-corrected chi connectivity index (χ1v) is 4.95. The lowest BCUT2D eigenvalue weighted by molar-refractivity contribution is -0.127. The molecule has 15 heavy (non-hydrogen) atoms. The van der Waals surface area contributed by atoms with Crippen LogP contribution in [0.15, 0.2) is 17.2 Å². The van der Waals surface area contributed by atoms with Gasteiger partial charge in [0.05, 0.1) is 6.04 Å². The molecule has 1 aromatic rings. The molecule has 1 unspecified atom stereocenters. The van der Waals surface area contributed by atoms with E-state index < -0.39 is 0 Å². The largest absolute Gasteiger partial charge is 0.340 e. The Balaban J connectivity index is 2.21. The maximum atomic E-state index is 11.5. The molecule has 0 N–H and O–H groups in total. The van der Waals surface area contributed by atoms with Crippen LogP contribution in [0.3, 0.4) is 0 Å². The lowest BCUT2D eigenvalue weighted by Crippen LogP contribution is -2.29. The van der Waals surface area contributed by atoms with E-state index >= 15 is 0 Å².